The Bertz CT molecular complexity index is 557. The van der Waals surface area contributed by atoms with Gasteiger partial charge in [0.1, 0.15) is 0 Å². The van der Waals surface area contributed by atoms with E-state index in [-0.39, 0.29) is 11.7 Å². The van der Waals surface area contributed by atoms with E-state index < -0.39 is 4.92 Å². The van der Waals surface area contributed by atoms with Crippen molar-refractivity contribution in [2.45, 2.75) is 13.0 Å². The molecule has 2 rings (SSSR count). The predicted octanol–water partition coefficient (Wildman–Crippen LogP) is 4.59. The molecule has 1 aromatic carbocycles. The van der Waals surface area contributed by atoms with E-state index in [0.29, 0.717) is 4.47 Å². The van der Waals surface area contributed by atoms with Gasteiger partial charge in [0.2, 0.25) is 0 Å². The molecule has 4 nitrogen and oxygen atoms in total. The number of anilines is 1. The molecule has 94 valence electrons. The normalized spacial score (nSPS) is 12.1. The smallest absolute Gasteiger partial charge is 0.283 e. The Kier molecular flexibility index (Phi) is 3.98. The number of nitrogens with one attached hydrogen (secondary N) is 1. The van der Waals surface area contributed by atoms with Crippen molar-refractivity contribution in [3.8, 4) is 0 Å². The molecule has 0 aliphatic rings. The van der Waals surface area contributed by atoms with Gasteiger partial charge < -0.3 is 5.32 Å². The maximum atomic E-state index is 10.7. The molecule has 18 heavy (non-hydrogen) atoms. The molecule has 0 aliphatic heterocycles. The zero-order chi connectivity index (χ0) is 13.1. The number of nitro benzene ring substituents is 1. The zero-order valence-electron chi connectivity index (χ0n) is 9.59. The van der Waals surface area contributed by atoms with Gasteiger partial charge in [-0.25, -0.2) is 0 Å². The van der Waals surface area contributed by atoms with Crippen LogP contribution in [-0.2, 0) is 0 Å². The van der Waals surface area contributed by atoms with Gasteiger partial charge in [0.25, 0.3) is 5.69 Å². The van der Waals surface area contributed by atoms with Crippen LogP contribution in [0.25, 0.3) is 0 Å². The average Bonchev–Trinajstić information content (AvgIpc) is 2.81. The standard InChI is InChI=1S/C12H11BrN2O2S/c1-8(9-4-5-18-7-9)14-10-2-3-12(15(16)17)11(13)6-10/h2-8,14H,1H3. The minimum Gasteiger partial charge on any atom is -0.378 e. The van der Waals surface area contributed by atoms with Gasteiger partial charge in [-0.05, 0) is 57.4 Å². The molecule has 2 aromatic rings. The highest BCUT2D eigenvalue weighted by molar-refractivity contribution is 9.10. The number of rotatable bonds is 4. The molecule has 0 amide bonds. The summed E-state index contributed by atoms with van der Waals surface area (Å²) < 4.78 is 0.481. The van der Waals surface area contributed by atoms with Crippen LogP contribution in [0, 0.1) is 10.1 Å². The second-order valence-corrected chi connectivity index (χ2v) is 5.48. The van der Waals surface area contributed by atoms with Crippen LogP contribution < -0.4 is 5.32 Å². The lowest BCUT2D eigenvalue weighted by Gasteiger charge is -2.14. The molecule has 1 atom stereocenters. The summed E-state index contributed by atoms with van der Waals surface area (Å²) in [6.45, 7) is 2.05. The summed E-state index contributed by atoms with van der Waals surface area (Å²) in [6.07, 6.45) is 0. The SMILES string of the molecule is CC(Nc1ccc([N+](=O)[O-])c(Br)c1)c1ccsc1. The van der Waals surface area contributed by atoms with Crippen molar-refractivity contribution in [3.63, 3.8) is 0 Å². The molecule has 1 unspecified atom stereocenters. The van der Waals surface area contributed by atoms with Gasteiger partial charge in [0, 0.05) is 17.8 Å². The summed E-state index contributed by atoms with van der Waals surface area (Å²) in [5.41, 5.74) is 2.13. The number of benzene rings is 1. The van der Waals surface area contributed by atoms with E-state index in [4.69, 9.17) is 0 Å². The molecular formula is C12H11BrN2O2S. The van der Waals surface area contributed by atoms with Gasteiger partial charge >= 0.3 is 0 Å². The molecule has 0 fully saturated rings. The second-order valence-electron chi connectivity index (χ2n) is 3.85. The van der Waals surface area contributed by atoms with Crippen LogP contribution in [0.1, 0.15) is 18.5 Å². The summed E-state index contributed by atoms with van der Waals surface area (Å²) in [5, 5.41) is 18.1. The third kappa shape index (κ3) is 2.88. The molecule has 1 aromatic heterocycles. The highest BCUT2D eigenvalue weighted by Crippen LogP contribution is 2.29. The van der Waals surface area contributed by atoms with Crippen molar-refractivity contribution >= 4 is 38.6 Å². The summed E-state index contributed by atoms with van der Waals surface area (Å²) in [7, 11) is 0. The molecule has 0 saturated carbocycles. The first-order chi connectivity index (χ1) is 8.58. The van der Waals surface area contributed by atoms with Crippen molar-refractivity contribution < 1.29 is 4.92 Å². The number of nitro groups is 1. The molecule has 6 heteroatoms. The Morgan fingerprint density at radius 3 is 2.78 bits per heavy atom. The lowest BCUT2D eigenvalue weighted by molar-refractivity contribution is -0.385. The highest BCUT2D eigenvalue weighted by atomic mass is 79.9. The minimum atomic E-state index is -0.407. The van der Waals surface area contributed by atoms with Gasteiger partial charge in [0.15, 0.2) is 0 Å². The maximum absolute atomic E-state index is 10.7. The molecular weight excluding hydrogens is 316 g/mol. The van der Waals surface area contributed by atoms with E-state index in [0.717, 1.165) is 5.69 Å². The van der Waals surface area contributed by atoms with Gasteiger partial charge in [-0.3, -0.25) is 10.1 Å². The van der Waals surface area contributed by atoms with Crippen LogP contribution in [0.2, 0.25) is 0 Å². The van der Waals surface area contributed by atoms with Crippen molar-refractivity contribution in [2.24, 2.45) is 0 Å². The number of thiophene rings is 1. The monoisotopic (exact) mass is 326 g/mol. The Labute approximate surface area is 117 Å². The molecule has 0 radical (unpaired) electrons. The zero-order valence-corrected chi connectivity index (χ0v) is 12.0. The van der Waals surface area contributed by atoms with Crippen molar-refractivity contribution in [2.75, 3.05) is 5.32 Å². The summed E-state index contributed by atoms with van der Waals surface area (Å²) in [4.78, 5) is 10.3. The molecule has 1 N–H and O–H groups in total. The topological polar surface area (TPSA) is 55.2 Å². The van der Waals surface area contributed by atoms with Crippen LogP contribution in [0.4, 0.5) is 11.4 Å². The molecule has 0 saturated heterocycles. The Balaban J connectivity index is 2.15. The average molecular weight is 327 g/mol. The van der Waals surface area contributed by atoms with Crippen molar-refractivity contribution in [1.82, 2.24) is 0 Å². The second kappa shape index (κ2) is 5.49. The minimum absolute atomic E-state index is 0.0729. The molecule has 0 spiro atoms. The van der Waals surface area contributed by atoms with E-state index >= 15 is 0 Å². The van der Waals surface area contributed by atoms with Crippen LogP contribution in [0.3, 0.4) is 0 Å². The van der Waals surface area contributed by atoms with Gasteiger partial charge in [-0.2, -0.15) is 11.3 Å². The molecule has 0 bridgehead atoms. The number of hydrogen-bond donors (Lipinski definition) is 1. The molecule has 1 heterocycles. The van der Waals surface area contributed by atoms with E-state index in [2.05, 4.69) is 39.6 Å². The quantitative estimate of drug-likeness (QED) is 0.660. The fourth-order valence-corrected chi connectivity index (χ4v) is 2.88. The van der Waals surface area contributed by atoms with Crippen LogP contribution >= 0.6 is 27.3 Å². The first kappa shape index (κ1) is 13.0. The van der Waals surface area contributed by atoms with E-state index in [1.807, 2.05) is 5.38 Å². The predicted molar refractivity (Wildman–Crippen MR) is 77.2 cm³/mol. The lowest BCUT2D eigenvalue weighted by Crippen LogP contribution is -2.05. The van der Waals surface area contributed by atoms with Gasteiger partial charge in [-0.1, -0.05) is 0 Å². The van der Waals surface area contributed by atoms with Crippen molar-refractivity contribution in [3.05, 3.63) is 55.2 Å². The van der Waals surface area contributed by atoms with Crippen LogP contribution in [0.5, 0.6) is 0 Å². The summed E-state index contributed by atoms with van der Waals surface area (Å²) in [5.74, 6) is 0. The fraction of sp³-hybridized carbons (Fsp3) is 0.167. The number of hydrogen-bond acceptors (Lipinski definition) is 4. The lowest BCUT2D eigenvalue weighted by atomic mass is 10.1. The van der Waals surface area contributed by atoms with Gasteiger partial charge in [-0.15, -0.1) is 0 Å². The third-order valence-corrected chi connectivity index (χ3v) is 3.91. The van der Waals surface area contributed by atoms with E-state index in [1.54, 1.807) is 23.5 Å². The Hall–Kier alpha value is -1.40. The summed E-state index contributed by atoms with van der Waals surface area (Å²) >= 11 is 4.86. The number of nitrogens with zero attached hydrogens (tertiary/aromatic N) is 1. The van der Waals surface area contributed by atoms with E-state index in [9.17, 15) is 10.1 Å². The van der Waals surface area contributed by atoms with Gasteiger partial charge in [0.05, 0.1) is 9.40 Å². The Morgan fingerprint density at radius 1 is 1.44 bits per heavy atom. The molecule has 0 aliphatic carbocycles. The highest BCUT2D eigenvalue weighted by Gasteiger charge is 2.13. The van der Waals surface area contributed by atoms with E-state index in [1.165, 1.54) is 11.6 Å². The maximum Gasteiger partial charge on any atom is 0.283 e. The third-order valence-electron chi connectivity index (χ3n) is 2.57. The Morgan fingerprint density at radius 2 is 2.22 bits per heavy atom. The first-order valence-electron chi connectivity index (χ1n) is 5.30. The number of halogens is 1. The first-order valence-corrected chi connectivity index (χ1v) is 7.04. The van der Waals surface area contributed by atoms with Crippen LogP contribution in [-0.4, -0.2) is 4.92 Å². The fourth-order valence-electron chi connectivity index (χ4n) is 1.60. The van der Waals surface area contributed by atoms with Crippen molar-refractivity contribution in [1.29, 1.82) is 0 Å². The van der Waals surface area contributed by atoms with Crippen LogP contribution in [0.15, 0.2) is 39.5 Å². The summed E-state index contributed by atoms with van der Waals surface area (Å²) in [6, 6.07) is 7.16. The largest absolute Gasteiger partial charge is 0.378 e.